The third kappa shape index (κ3) is 3.26. The van der Waals surface area contributed by atoms with Gasteiger partial charge in [0, 0.05) is 6.04 Å². The molecule has 0 bridgehead atoms. The van der Waals surface area contributed by atoms with Crippen molar-refractivity contribution in [2.45, 2.75) is 37.3 Å². The maximum atomic E-state index is 13.6. The molecule has 154 valence electrons. The Morgan fingerprint density at radius 3 is 1.90 bits per heavy atom. The minimum atomic E-state index is -1.33. The van der Waals surface area contributed by atoms with Crippen LogP contribution in [0.4, 0.5) is 4.79 Å². The lowest BCUT2D eigenvalue weighted by Crippen LogP contribution is -2.47. The normalized spacial score (nSPS) is 20.4. The van der Waals surface area contributed by atoms with E-state index < -0.39 is 17.5 Å². The van der Waals surface area contributed by atoms with Gasteiger partial charge in [-0.15, -0.1) is 0 Å². The van der Waals surface area contributed by atoms with E-state index in [2.05, 4.69) is 10.6 Å². The van der Waals surface area contributed by atoms with Crippen molar-refractivity contribution >= 4 is 17.8 Å². The van der Waals surface area contributed by atoms with Crippen LogP contribution in [0.2, 0.25) is 0 Å². The van der Waals surface area contributed by atoms with Crippen molar-refractivity contribution in [3.63, 3.8) is 0 Å². The first-order chi connectivity index (χ1) is 14.6. The summed E-state index contributed by atoms with van der Waals surface area (Å²) in [6.45, 7) is -0.262. The van der Waals surface area contributed by atoms with E-state index in [1.165, 1.54) is 0 Å². The number of rotatable bonds is 7. The fourth-order valence-corrected chi connectivity index (χ4v) is 4.56. The third-order valence-electron chi connectivity index (χ3n) is 6.41. The number of imide groups is 1. The van der Waals surface area contributed by atoms with Crippen molar-refractivity contribution in [3.05, 3.63) is 71.8 Å². The van der Waals surface area contributed by atoms with Gasteiger partial charge in [-0.05, 0) is 48.6 Å². The smallest absolute Gasteiger partial charge is 0.326 e. The quantitative estimate of drug-likeness (QED) is 0.698. The maximum absolute atomic E-state index is 13.6. The first kappa shape index (κ1) is 18.9. The number of nitrogens with zero attached hydrogens (tertiary/aromatic N) is 1. The van der Waals surface area contributed by atoms with Gasteiger partial charge < -0.3 is 10.6 Å². The Labute approximate surface area is 175 Å². The molecule has 0 atom stereocenters. The van der Waals surface area contributed by atoms with E-state index in [4.69, 9.17) is 0 Å². The zero-order valence-corrected chi connectivity index (χ0v) is 16.7. The molecule has 6 nitrogen and oxygen atoms in total. The summed E-state index contributed by atoms with van der Waals surface area (Å²) < 4.78 is 0. The lowest BCUT2D eigenvalue weighted by atomic mass is 9.82. The predicted molar refractivity (Wildman–Crippen MR) is 111 cm³/mol. The average Bonchev–Trinajstić information content (AvgIpc) is 3.69. The topological polar surface area (TPSA) is 78.5 Å². The molecule has 0 aromatic heterocycles. The Morgan fingerprint density at radius 1 is 0.933 bits per heavy atom. The molecule has 3 aliphatic rings. The summed E-state index contributed by atoms with van der Waals surface area (Å²) in [6, 6.07) is 18.0. The molecule has 30 heavy (non-hydrogen) atoms. The maximum Gasteiger partial charge on any atom is 0.326 e. The lowest BCUT2D eigenvalue weighted by molar-refractivity contribution is -0.134. The third-order valence-corrected chi connectivity index (χ3v) is 6.41. The summed E-state index contributed by atoms with van der Waals surface area (Å²) in [5.41, 5.74) is 0.0179. The van der Waals surface area contributed by atoms with Crippen LogP contribution in [0.3, 0.4) is 0 Å². The number of urea groups is 1. The summed E-state index contributed by atoms with van der Waals surface area (Å²) in [4.78, 5) is 40.3. The van der Waals surface area contributed by atoms with Crippen LogP contribution in [0.25, 0.3) is 0 Å². The Kier molecular flexibility index (Phi) is 4.57. The number of hydrogen-bond donors (Lipinski definition) is 2. The molecular formula is C24H25N3O3. The molecule has 0 unspecified atom stereocenters. The van der Waals surface area contributed by atoms with E-state index in [1.54, 1.807) is 0 Å². The van der Waals surface area contributed by atoms with E-state index in [9.17, 15) is 14.4 Å². The van der Waals surface area contributed by atoms with Crippen LogP contribution in [0.1, 0.15) is 36.8 Å². The minimum absolute atomic E-state index is 0.186. The van der Waals surface area contributed by atoms with Crippen molar-refractivity contribution in [1.82, 2.24) is 15.5 Å². The van der Waals surface area contributed by atoms with Crippen molar-refractivity contribution < 1.29 is 14.4 Å². The monoisotopic (exact) mass is 403 g/mol. The Balaban J connectivity index is 1.41. The van der Waals surface area contributed by atoms with Gasteiger partial charge >= 0.3 is 6.03 Å². The summed E-state index contributed by atoms with van der Waals surface area (Å²) in [5.74, 6) is 0.420. The van der Waals surface area contributed by atoms with Gasteiger partial charge in [-0.3, -0.25) is 14.5 Å². The number of amides is 4. The average molecular weight is 403 g/mol. The van der Waals surface area contributed by atoms with E-state index >= 15 is 0 Å². The molecule has 2 aliphatic carbocycles. The number of benzene rings is 2. The van der Waals surface area contributed by atoms with Crippen molar-refractivity contribution in [3.8, 4) is 0 Å². The Morgan fingerprint density at radius 2 is 1.43 bits per heavy atom. The van der Waals surface area contributed by atoms with Gasteiger partial charge in [0.1, 0.15) is 6.54 Å². The molecule has 2 saturated carbocycles. The fourth-order valence-electron chi connectivity index (χ4n) is 4.56. The van der Waals surface area contributed by atoms with Crippen molar-refractivity contribution in [1.29, 1.82) is 0 Å². The van der Waals surface area contributed by atoms with E-state index in [0.29, 0.717) is 23.0 Å². The molecule has 2 aromatic carbocycles. The molecular weight excluding hydrogens is 378 g/mol. The molecule has 5 rings (SSSR count). The number of nitrogens with one attached hydrogen (secondary N) is 2. The molecule has 4 amide bonds. The zero-order valence-electron chi connectivity index (χ0n) is 16.7. The highest BCUT2D eigenvalue weighted by Crippen LogP contribution is 2.44. The number of hydrogen-bond acceptors (Lipinski definition) is 3. The highest BCUT2D eigenvalue weighted by atomic mass is 16.2. The van der Waals surface area contributed by atoms with Crippen LogP contribution in [0.5, 0.6) is 0 Å². The van der Waals surface area contributed by atoms with Gasteiger partial charge in [0.05, 0.1) is 0 Å². The fraction of sp³-hybridized carbons (Fsp3) is 0.375. The molecule has 6 heteroatoms. The summed E-state index contributed by atoms with van der Waals surface area (Å²) in [6.07, 6.45) is 4.59. The molecule has 2 N–H and O–H groups in total. The first-order valence-corrected chi connectivity index (χ1v) is 10.6. The highest BCUT2D eigenvalue weighted by molar-refractivity contribution is 6.11. The summed E-state index contributed by atoms with van der Waals surface area (Å²) in [7, 11) is 0. The predicted octanol–water partition coefficient (Wildman–Crippen LogP) is 2.79. The van der Waals surface area contributed by atoms with Crippen LogP contribution in [-0.4, -0.2) is 35.3 Å². The molecule has 2 aromatic rings. The number of carbonyl (C=O) groups excluding carboxylic acids is 3. The van der Waals surface area contributed by atoms with E-state index in [-0.39, 0.29) is 18.5 Å². The lowest BCUT2D eigenvalue weighted by Gasteiger charge is -2.28. The molecule has 0 spiro atoms. The standard InChI is InChI=1S/C24H25N3O3/c28-20(25-21(16-11-12-16)17-13-14-17)15-27-22(29)24(26-23(27)30,18-7-3-1-4-8-18)19-9-5-2-6-10-19/h1-10,16-17,21H,11-15H2,(H,25,28)(H,26,30). The summed E-state index contributed by atoms with van der Waals surface area (Å²) >= 11 is 0. The van der Waals surface area contributed by atoms with Crippen molar-refractivity contribution in [2.75, 3.05) is 6.54 Å². The van der Waals surface area contributed by atoms with E-state index in [0.717, 1.165) is 30.6 Å². The minimum Gasteiger partial charge on any atom is -0.351 e. The molecule has 1 heterocycles. The first-order valence-electron chi connectivity index (χ1n) is 10.6. The van der Waals surface area contributed by atoms with Crippen molar-refractivity contribution in [2.24, 2.45) is 11.8 Å². The zero-order chi connectivity index (χ0) is 20.7. The SMILES string of the molecule is O=C(CN1C(=O)NC(c2ccccc2)(c2ccccc2)C1=O)NC(C1CC1)C1CC1. The highest BCUT2D eigenvalue weighted by Gasteiger charge is 2.54. The second-order valence-corrected chi connectivity index (χ2v) is 8.57. The molecule has 1 saturated heterocycles. The second-order valence-electron chi connectivity index (χ2n) is 8.57. The van der Waals surface area contributed by atoms with Crippen LogP contribution in [0, 0.1) is 11.8 Å². The molecule has 1 aliphatic heterocycles. The van der Waals surface area contributed by atoms with Gasteiger partial charge in [0.2, 0.25) is 5.91 Å². The van der Waals surface area contributed by atoms with Gasteiger partial charge in [-0.1, -0.05) is 60.7 Å². The number of carbonyl (C=O) groups is 3. The summed E-state index contributed by atoms with van der Waals surface area (Å²) in [5, 5.41) is 5.99. The van der Waals surface area contributed by atoms with Gasteiger partial charge in [0.25, 0.3) is 5.91 Å². The molecule has 3 fully saturated rings. The van der Waals surface area contributed by atoms with Crippen LogP contribution in [0.15, 0.2) is 60.7 Å². The van der Waals surface area contributed by atoms with Crippen LogP contribution >= 0.6 is 0 Å². The molecule has 0 radical (unpaired) electrons. The van der Waals surface area contributed by atoms with Crippen LogP contribution < -0.4 is 10.6 Å². The Hall–Kier alpha value is -3.15. The van der Waals surface area contributed by atoms with Crippen LogP contribution in [-0.2, 0) is 15.1 Å². The Bertz CT molecular complexity index is 916. The second kappa shape index (κ2) is 7.27. The largest absolute Gasteiger partial charge is 0.351 e. The van der Waals surface area contributed by atoms with Gasteiger partial charge in [0.15, 0.2) is 5.54 Å². The van der Waals surface area contributed by atoms with E-state index in [1.807, 2.05) is 60.7 Å². The van der Waals surface area contributed by atoms with Gasteiger partial charge in [-0.25, -0.2) is 4.79 Å². The van der Waals surface area contributed by atoms with Gasteiger partial charge in [-0.2, -0.15) is 0 Å².